The molecule has 0 aliphatic carbocycles. The number of hydrogen-bond donors (Lipinski definition) is 0. The van der Waals surface area contributed by atoms with Crippen molar-refractivity contribution in [2.75, 3.05) is 18.0 Å². The van der Waals surface area contributed by atoms with E-state index in [0.717, 1.165) is 16.6 Å². The molecule has 5 heteroatoms. The van der Waals surface area contributed by atoms with Gasteiger partial charge in [0.05, 0.1) is 5.52 Å². The molecule has 0 spiro atoms. The lowest BCUT2D eigenvalue weighted by Gasteiger charge is -2.26. The normalized spacial score (nSPS) is 16.7. The van der Waals surface area contributed by atoms with Crippen molar-refractivity contribution in [3.8, 4) is 0 Å². The van der Waals surface area contributed by atoms with E-state index in [1.807, 2.05) is 67.6 Å². The molecule has 2 heterocycles. The zero-order valence-electron chi connectivity index (χ0n) is 15.2. The van der Waals surface area contributed by atoms with Gasteiger partial charge in [-0.15, -0.1) is 0 Å². The summed E-state index contributed by atoms with van der Waals surface area (Å²) in [6, 6.07) is 20.5. The van der Waals surface area contributed by atoms with Gasteiger partial charge in [-0.3, -0.25) is 9.59 Å². The topological polar surface area (TPSA) is 53.5 Å². The molecular weight excluding hydrogens is 338 g/mol. The van der Waals surface area contributed by atoms with Crippen LogP contribution in [0.3, 0.4) is 0 Å². The lowest BCUT2D eigenvalue weighted by Crippen LogP contribution is -2.45. The molecule has 0 radical (unpaired) electrons. The third-order valence-corrected chi connectivity index (χ3v) is 5.04. The van der Waals surface area contributed by atoms with Gasteiger partial charge in [0.15, 0.2) is 0 Å². The van der Waals surface area contributed by atoms with Crippen LogP contribution in [0.25, 0.3) is 10.9 Å². The molecule has 2 amide bonds. The van der Waals surface area contributed by atoms with Gasteiger partial charge < -0.3 is 9.80 Å². The quantitative estimate of drug-likeness (QED) is 0.716. The van der Waals surface area contributed by atoms with Crippen molar-refractivity contribution in [3.63, 3.8) is 0 Å². The minimum Gasteiger partial charge on any atom is -0.325 e. The fraction of sp³-hybridized carbons (Fsp3) is 0.227. The highest BCUT2D eigenvalue weighted by Gasteiger charge is 2.38. The van der Waals surface area contributed by atoms with E-state index in [1.54, 1.807) is 15.9 Å². The van der Waals surface area contributed by atoms with E-state index in [9.17, 15) is 9.59 Å². The summed E-state index contributed by atoms with van der Waals surface area (Å²) in [7, 11) is 0. The Morgan fingerprint density at radius 1 is 1.07 bits per heavy atom. The largest absolute Gasteiger partial charge is 0.325 e. The lowest BCUT2D eigenvalue weighted by atomic mass is 10.1. The summed E-state index contributed by atoms with van der Waals surface area (Å²) in [5.41, 5.74) is 2.03. The van der Waals surface area contributed by atoms with E-state index < -0.39 is 6.04 Å². The second kappa shape index (κ2) is 7.19. The standard InChI is InChI=1S/C22H21N3O2/c1-2-24(20-14-15-25(22(20)27)17-9-4-3-5-10-17)21(26)19-13-12-16-8-6-7-11-18(16)23-19/h3-13,20H,2,14-15H2,1H3. The third kappa shape index (κ3) is 3.16. The molecule has 1 aliphatic heterocycles. The molecule has 0 N–H and O–H groups in total. The third-order valence-electron chi connectivity index (χ3n) is 5.04. The fourth-order valence-corrected chi connectivity index (χ4v) is 3.66. The molecule has 0 bridgehead atoms. The van der Waals surface area contributed by atoms with Crippen LogP contribution in [0.15, 0.2) is 66.7 Å². The highest BCUT2D eigenvalue weighted by atomic mass is 16.2. The maximum absolute atomic E-state index is 13.1. The fourth-order valence-electron chi connectivity index (χ4n) is 3.66. The molecule has 1 atom stereocenters. The number of amides is 2. The molecule has 1 aliphatic rings. The zero-order chi connectivity index (χ0) is 18.8. The first-order chi connectivity index (χ1) is 13.2. The monoisotopic (exact) mass is 359 g/mol. The number of nitrogens with zero attached hydrogens (tertiary/aromatic N) is 3. The van der Waals surface area contributed by atoms with Gasteiger partial charge in [0.1, 0.15) is 11.7 Å². The molecule has 3 aromatic rings. The molecule has 4 rings (SSSR count). The summed E-state index contributed by atoms with van der Waals surface area (Å²) >= 11 is 0. The van der Waals surface area contributed by atoms with Crippen LogP contribution in [0.4, 0.5) is 5.69 Å². The Kier molecular flexibility index (Phi) is 4.59. The summed E-state index contributed by atoms with van der Waals surface area (Å²) in [6.45, 7) is 2.98. The lowest BCUT2D eigenvalue weighted by molar-refractivity contribution is -0.120. The minimum absolute atomic E-state index is 0.0304. The van der Waals surface area contributed by atoms with Gasteiger partial charge in [-0.2, -0.15) is 0 Å². The first kappa shape index (κ1) is 17.2. The molecule has 136 valence electrons. The number of rotatable bonds is 4. The van der Waals surface area contributed by atoms with Crippen LogP contribution >= 0.6 is 0 Å². The summed E-state index contributed by atoms with van der Waals surface area (Å²) in [5.74, 6) is -0.228. The van der Waals surface area contributed by atoms with Crippen LogP contribution in [-0.4, -0.2) is 40.8 Å². The Bertz CT molecular complexity index is 987. The number of likely N-dealkylation sites (N-methyl/N-ethyl adjacent to an activating group) is 1. The number of benzene rings is 2. The second-order valence-electron chi connectivity index (χ2n) is 6.61. The van der Waals surface area contributed by atoms with Crippen molar-refractivity contribution < 1.29 is 9.59 Å². The Morgan fingerprint density at radius 3 is 2.59 bits per heavy atom. The summed E-state index contributed by atoms with van der Waals surface area (Å²) in [6.07, 6.45) is 0.626. The smallest absolute Gasteiger partial charge is 0.273 e. The van der Waals surface area contributed by atoms with Crippen molar-refractivity contribution in [2.24, 2.45) is 0 Å². The van der Waals surface area contributed by atoms with E-state index in [-0.39, 0.29) is 11.8 Å². The molecule has 0 saturated carbocycles. The predicted octanol–water partition coefficient (Wildman–Crippen LogP) is 3.50. The number of hydrogen-bond acceptors (Lipinski definition) is 3. The van der Waals surface area contributed by atoms with E-state index in [2.05, 4.69) is 4.98 Å². The van der Waals surface area contributed by atoms with E-state index >= 15 is 0 Å². The summed E-state index contributed by atoms with van der Waals surface area (Å²) < 4.78 is 0. The molecule has 2 aromatic carbocycles. The number of anilines is 1. The molecule has 1 saturated heterocycles. The highest BCUT2D eigenvalue weighted by Crippen LogP contribution is 2.25. The van der Waals surface area contributed by atoms with Crippen LogP contribution in [0.1, 0.15) is 23.8 Å². The van der Waals surface area contributed by atoms with Crippen LogP contribution < -0.4 is 4.90 Å². The van der Waals surface area contributed by atoms with Crippen LogP contribution in [0.5, 0.6) is 0 Å². The van der Waals surface area contributed by atoms with Gasteiger partial charge in [-0.25, -0.2) is 4.98 Å². The Morgan fingerprint density at radius 2 is 1.81 bits per heavy atom. The number of carbonyl (C=O) groups excluding carboxylic acids is 2. The van der Waals surface area contributed by atoms with E-state index in [0.29, 0.717) is 25.2 Å². The van der Waals surface area contributed by atoms with Gasteiger partial charge in [-0.1, -0.05) is 42.5 Å². The van der Waals surface area contributed by atoms with Crippen molar-refractivity contribution in [3.05, 3.63) is 72.4 Å². The maximum atomic E-state index is 13.1. The van der Waals surface area contributed by atoms with Crippen molar-refractivity contribution in [1.29, 1.82) is 0 Å². The number of pyridine rings is 1. The van der Waals surface area contributed by atoms with Crippen LogP contribution in [0.2, 0.25) is 0 Å². The molecule has 1 fully saturated rings. The zero-order valence-corrected chi connectivity index (χ0v) is 15.2. The van der Waals surface area contributed by atoms with E-state index in [4.69, 9.17) is 0 Å². The molecule has 5 nitrogen and oxygen atoms in total. The maximum Gasteiger partial charge on any atom is 0.273 e. The van der Waals surface area contributed by atoms with Gasteiger partial charge in [-0.05, 0) is 37.6 Å². The predicted molar refractivity (Wildman–Crippen MR) is 106 cm³/mol. The Hall–Kier alpha value is -3.21. The first-order valence-electron chi connectivity index (χ1n) is 9.22. The van der Waals surface area contributed by atoms with Gasteiger partial charge >= 0.3 is 0 Å². The van der Waals surface area contributed by atoms with Crippen LogP contribution in [-0.2, 0) is 4.79 Å². The molecule has 27 heavy (non-hydrogen) atoms. The second-order valence-corrected chi connectivity index (χ2v) is 6.61. The summed E-state index contributed by atoms with van der Waals surface area (Å²) in [5, 5.41) is 0.990. The van der Waals surface area contributed by atoms with Crippen LogP contribution in [0, 0.1) is 0 Å². The molecule has 1 unspecified atom stereocenters. The summed E-state index contributed by atoms with van der Waals surface area (Å²) in [4.78, 5) is 34.0. The van der Waals surface area contributed by atoms with Gasteiger partial charge in [0.2, 0.25) is 5.91 Å². The average Bonchev–Trinajstić information content (AvgIpc) is 3.10. The average molecular weight is 359 g/mol. The van der Waals surface area contributed by atoms with Gasteiger partial charge in [0, 0.05) is 24.2 Å². The van der Waals surface area contributed by atoms with E-state index in [1.165, 1.54) is 0 Å². The Labute approximate surface area is 158 Å². The highest BCUT2D eigenvalue weighted by molar-refractivity contribution is 6.03. The Balaban J connectivity index is 1.59. The SMILES string of the molecule is CCN(C(=O)c1ccc2ccccc2n1)C1CCN(c2ccccc2)C1=O. The van der Waals surface area contributed by atoms with Gasteiger partial charge in [0.25, 0.3) is 5.91 Å². The van der Waals surface area contributed by atoms with Crippen molar-refractivity contribution >= 4 is 28.4 Å². The number of aromatic nitrogens is 1. The molecule has 1 aromatic heterocycles. The molecular formula is C22H21N3O2. The number of fused-ring (bicyclic) bond motifs is 1. The first-order valence-corrected chi connectivity index (χ1v) is 9.22. The van der Waals surface area contributed by atoms with Crippen molar-refractivity contribution in [1.82, 2.24) is 9.88 Å². The van der Waals surface area contributed by atoms with Crippen molar-refractivity contribution in [2.45, 2.75) is 19.4 Å². The number of carbonyl (C=O) groups is 2. The minimum atomic E-state index is -0.448. The number of para-hydroxylation sites is 2.